The van der Waals surface area contributed by atoms with Gasteiger partial charge in [-0.15, -0.1) is 0 Å². The summed E-state index contributed by atoms with van der Waals surface area (Å²) >= 11 is 0. The third-order valence-corrected chi connectivity index (χ3v) is 4.84. The van der Waals surface area contributed by atoms with Crippen LogP contribution in [0.1, 0.15) is 22.8 Å². The Labute approximate surface area is 181 Å². The van der Waals surface area contributed by atoms with Crippen LogP contribution in [0.2, 0.25) is 0 Å². The maximum absolute atomic E-state index is 13.0. The maximum Gasteiger partial charge on any atom is 0.340 e. The van der Waals surface area contributed by atoms with E-state index in [-0.39, 0.29) is 17.4 Å². The van der Waals surface area contributed by atoms with Crippen LogP contribution in [0.25, 0.3) is 0 Å². The number of hydrogen-bond acceptors (Lipinski definition) is 4. The summed E-state index contributed by atoms with van der Waals surface area (Å²) in [6.45, 7) is 1.34. The molecule has 0 fully saturated rings. The van der Waals surface area contributed by atoms with Crippen molar-refractivity contribution in [2.75, 3.05) is 23.5 Å². The molecule has 31 heavy (non-hydrogen) atoms. The lowest BCUT2D eigenvalue weighted by atomic mass is 10.1. The first kappa shape index (κ1) is 21.8. The molecular formula is C25H24N2O4. The number of nitrogens with zero attached hydrogens (tertiary/aromatic N) is 2. The number of hydrogen-bond donors (Lipinski definition) is 0. The molecule has 3 aromatic rings. The summed E-state index contributed by atoms with van der Waals surface area (Å²) in [5, 5.41) is 0. The Hall–Kier alpha value is -3.93. The lowest BCUT2D eigenvalue weighted by Crippen LogP contribution is -2.34. The Morgan fingerprint density at radius 2 is 1.39 bits per heavy atom. The molecule has 0 radical (unpaired) electrons. The van der Waals surface area contributed by atoms with E-state index in [2.05, 4.69) is 0 Å². The molecule has 0 aliphatic heterocycles. The number of carbonyl (C=O) groups is 3. The van der Waals surface area contributed by atoms with E-state index in [0.717, 1.165) is 5.56 Å². The molecule has 6 nitrogen and oxygen atoms in total. The summed E-state index contributed by atoms with van der Waals surface area (Å²) in [6, 6.07) is 25.5. The second kappa shape index (κ2) is 10.2. The van der Waals surface area contributed by atoms with Crippen LogP contribution in [0, 0.1) is 0 Å². The molecule has 0 aliphatic carbocycles. The van der Waals surface area contributed by atoms with Crippen molar-refractivity contribution in [1.82, 2.24) is 0 Å². The predicted molar refractivity (Wildman–Crippen MR) is 120 cm³/mol. The summed E-state index contributed by atoms with van der Waals surface area (Å²) in [7, 11) is 1.58. The molecule has 3 aromatic carbocycles. The molecule has 0 bridgehead atoms. The summed E-state index contributed by atoms with van der Waals surface area (Å²) in [6.07, 6.45) is 0. The predicted octanol–water partition coefficient (Wildman–Crippen LogP) is 4.06. The van der Waals surface area contributed by atoms with E-state index in [9.17, 15) is 14.4 Å². The Bertz CT molecular complexity index is 1050. The lowest BCUT2D eigenvalue weighted by Gasteiger charge is -2.23. The standard InChI is InChI=1S/C25H24N2O4/c1-19(28)26(2)23-16-10-9-15-22(23)25(30)31-18-24(29)27(21-13-7-4-8-14-21)17-20-11-5-3-6-12-20/h3-16H,17-18H2,1-2H3. The number of ether oxygens (including phenoxy) is 1. The lowest BCUT2D eigenvalue weighted by molar-refractivity contribution is -0.121. The highest BCUT2D eigenvalue weighted by Crippen LogP contribution is 2.21. The first-order chi connectivity index (χ1) is 15.0. The number of esters is 1. The fraction of sp³-hybridized carbons (Fsp3) is 0.160. The van der Waals surface area contributed by atoms with Crippen molar-refractivity contribution in [3.8, 4) is 0 Å². The summed E-state index contributed by atoms with van der Waals surface area (Å²) in [5.41, 5.74) is 2.32. The Morgan fingerprint density at radius 3 is 2.03 bits per heavy atom. The number of anilines is 2. The minimum Gasteiger partial charge on any atom is -0.452 e. The van der Waals surface area contributed by atoms with Crippen LogP contribution in [0.5, 0.6) is 0 Å². The van der Waals surface area contributed by atoms with Gasteiger partial charge in [-0.2, -0.15) is 0 Å². The van der Waals surface area contributed by atoms with Crippen molar-refractivity contribution >= 4 is 29.2 Å². The molecule has 0 saturated heterocycles. The summed E-state index contributed by atoms with van der Waals surface area (Å²) < 4.78 is 5.33. The third kappa shape index (κ3) is 5.57. The average Bonchev–Trinajstić information content (AvgIpc) is 2.81. The largest absolute Gasteiger partial charge is 0.452 e. The van der Waals surface area contributed by atoms with Crippen molar-refractivity contribution in [3.05, 3.63) is 96.1 Å². The molecule has 0 spiro atoms. The van der Waals surface area contributed by atoms with Gasteiger partial charge in [-0.25, -0.2) is 4.79 Å². The molecule has 0 heterocycles. The Kier molecular flexibility index (Phi) is 7.17. The summed E-state index contributed by atoms with van der Waals surface area (Å²) in [4.78, 5) is 40.3. The first-order valence-electron chi connectivity index (χ1n) is 9.87. The van der Waals surface area contributed by atoms with Gasteiger partial charge in [0.1, 0.15) is 0 Å². The normalized spacial score (nSPS) is 10.3. The first-order valence-corrected chi connectivity index (χ1v) is 9.87. The average molecular weight is 416 g/mol. The van der Waals surface area contributed by atoms with Crippen LogP contribution in [-0.2, 0) is 20.9 Å². The fourth-order valence-electron chi connectivity index (χ4n) is 3.09. The van der Waals surface area contributed by atoms with Crippen molar-refractivity contribution in [2.45, 2.75) is 13.5 Å². The fourth-order valence-corrected chi connectivity index (χ4v) is 3.09. The zero-order valence-electron chi connectivity index (χ0n) is 17.5. The molecule has 0 atom stereocenters. The monoisotopic (exact) mass is 416 g/mol. The van der Waals surface area contributed by atoms with Gasteiger partial charge in [0.05, 0.1) is 17.8 Å². The number of para-hydroxylation sites is 2. The maximum atomic E-state index is 13.0. The zero-order chi connectivity index (χ0) is 22.2. The smallest absolute Gasteiger partial charge is 0.340 e. The molecule has 0 unspecified atom stereocenters. The number of rotatable bonds is 7. The molecule has 6 heteroatoms. The Morgan fingerprint density at radius 1 is 0.806 bits per heavy atom. The van der Waals surface area contributed by atoms with Gasteiger partial charge in [-0.3, -0.25) is 9.59 Å². The van der Waals surface area contributed by atoms with E-state index in [1.165, 1.54) is 11.8 Å². The highest BCUT2D eigenvalue weighted by Gasteiger charge is 2.21. The molecule has 0 N–H and O–H groups in total. The van der Waals surface area contributed by atoms with E-state index < -0.39 is 12.6 Å². The second-order valence-electron chi connectivity index (χ2n) is 6.97. The highest BCUT2D eigenvalue weighted by molar-refractivity contribution is 6.03. The minimum absolute atomic E-state index is 0.213. The van der Waals surface area contributed by atoms with Crippen molar-refractivity contribution in [3.63, 3.8) is 0 Å². The number of carbonyl (C=O) groups excluding carboxylic acids is 3. The van der Waals surface area contributed by atoms with E-state index >= 15 is 0 Å². The molecule has 0 aliphatic rings. The van der Waals surface area contributed by atoms with Gasteiger partial charge in [-0.05, 0) is 29.8 Å². The van der Waals surface area contributed by atoms with Crippen LogP contribution in [0.15, 0.2) is 84.9 Å². The highest BCUT2D eigenvalue weighted by atomic mass is 16.5. The number of benzene rings is 3. The molecule has 0 aromatic heterocycles. The van der Waals surface area contributed by atoms with E-state index in [1.54, 1.807) is 36.2 Å². The zero-order valence-corrected chi connectivity index (χ0v) is 17.5. The van der Waals surface area contributed by atoms with Gasteiger partial charge >= 0.3 is 5.97 Å². The van der Waals surface area contributed by atoms with Crippen LogP contribution in [0.3, 0.4) is 0 Å². The van der Waals surface area contributed by atoms with Gasteiger partial charge in [0.2, 0.25) is 5.91 Å². The topological polar surface area (TPSA) is 66.9 Å². The van der Waals surface area contributed by atoms with Crippen LogP contribution >= 0.6 is 0 Å². The molecular weight excluding hydrogens is 392 g/mol. The molecule has 2 amide bonds. The SMILES string of the molecule is CC(=O)N(C)c1ccccc1C(=O)OCC(=O)N(Cc1ccccc1)c1ccccc1. The van der Waals surface area contributed by atoms with Gasteiger partial charge in [0.15, 0.2) is 6.61 Å². The third-order valence-electron chi connectivity index (χ3n) is 4.84. The van der Waals surface area contributed by atoms with Gasteiger partial charge in [-0.1, -0.05) is 60.7 Å². The minimum atomic E-state index is -0.662. The quantitative estimate of drug-likeness (QED) is 0.545. The number of amides is 2. The van der Waals surface area contributed by atoms with Gasteiger partial charge in [0.25, 0.3) is 5.91 Å². The van der Waals surface area contributed by atoms with Crippen molar-refractivity contribution in [2.24, 2.45) is 0 Å². The van der Waals surface area contributed by atoms with Crippen molar-refractivity contribution in [1.29, 1.82) is 0 Å². The van der Waals surface area contributed by atoms with Crippen LogP contribution in [-0.4, -0.2) is 31.4 Å². The Balaban J connectivity index is 1.76. The molecule has 158 valence electrons. The van der Waals surface area contributed by atoms with E-state index in [1.807, 2.05) is 60.7 Å². The molecule has 0 saturated carbocycles. The van der Waals surface area contributed by atoms with E-state index in [4.69, 9.17) is 4.74 Å². The van der Waals surface area contributed by atoms with E-state index in [0.29, 0.717) is 17.9 Å². The molecule has 3 rings (SSSR count). The van der Waals surface area contributed by atoms with Crippen molar-refractivity contribution < 1.29 is 19.1 Å². The van der Waals surface area contributed by atoms with Gasteiger partial charge in [0, 0.05) is 19.7 Å². The summed E-state index contributed by atoms with van der Waals surface area (Å²) in [5.74, 6) is -1.22. The van der Waals surface area contributed by atoms with Gasteiger partial charge < -0.3 is 14.5 Å². The van der Waals surface area contributed by atoms with Crippen LogP contribution in [0.4, 0.5) is 11.4 Å². The second-order valence-corrected chi connectivity index (χ2v) is 6.97. The van der Waals surface area contributed by atoms with Crippen LogP contribution < -0.4 is 9.80 Å².